The van der Waals surface area contributed by atoms with Crippen molar-refractivity contribution in [1.82, 2.24) is 0 Å². The molecule has 0 spiro atoms. The molecule has 1 aliphatic rings. The summed E-state index contributed by atoms with van der Waals surface area (Å²) in [7, 11) is 1.58. The number of nitrogens with one attached hydrogen (secondary N) is 1. The van der Waals surface area contributed by atoms with E-state index in [1.807, 2.05) is 13.0 Å². The second-order valence-corrected chi connectivity index (χ2v) is 6.82. The number of methoxy groups -OCH3 is 1. The maximum atomic E-state index is 12.9. The summed E-state index contributed by atoms with van der Waals surface area (Å²) in [6, 6.07) is 12.3. The van der Waals surface area contributed by atoms with Gasteiger partial charge in [0.2, 0.25) is 5.78 Å². The molecule has 1 N–H and O–H groups in total. The van der Waals surface area contributed by atoms with E-state index in [9.17, 15) is 9.59 Å². The highest BCUT2D eigenvalue weighted by atomic mass is 16.5. The van der Waals surface area contributed by atoms with E-state index in [1.54, 1.807) is 43.5 Å². The van der Waals surface area contributed by atoms with Crippen LogP contribution in [0, 0.1) is 6.92 Å². The van der Waals surface area contributed by atoms with Crippen molar-refractivity contribution in [3.8, 4) is 5.75 Å². The molecule has 0 aliphatic carbocycles. The molecule has 0 saturated carbocycles. The molecule has 3 aromatic rings. The molecule has 6 nitrogen and oxygen atoms in total. The van der Waals surface area contributed by atoms with Crippen molar-refractivity contribution in [2.75, 3.05) is 19.0 Å². The van der Waals surface area contributed by atoms with Crippen LogP contribution < -0.4 is 10.1 Å². The first-order chi connectivity index (χ1) is 13.6. The van der Waals surface area contributed by atoms with Gasteiger partial charge < -0.3 is 19.2 Å². The minimum absolute atomic E-state index is 0.158. The highest BCUT2D eigenvalue weighted by Crippen LogP contribution is 2.30. The lowest BCUT2D eigenvalue weighted by Gasteiger charge is -2.10. The fourth-order valence-electron chi connectivity index (χ4n) is 3.40. The molecule has 1 saturated heterocycles. The van der Waals surface area contributed by atoms with Gasteiger partial charge in [0.25, 0.3) is 5.91 Å². The van der Waals surface area contributed by atoms with Gasteiger partial charge in [-0.15, -0.1) is 0 Å². The Morgan fingerprint density at radius 2 is 1.93 bits per heavy atom. The maximum absolute atomic E-state index is 12.9. The molecule has 28 heavy (non-hydrogen) atoms. The molecule has 2 heterocycles. The van der Waals surface area contributed by atoms with Gasteiger partial charge in [0.1, 0.15) is 17.4 Å². The first kappa shape index (κ1) is 18.3. The number of ketones is 1. The number of furan rings is 1. The van der Waals surface area contributed by atoms with Gasteiger partial charge in [-0.3, -0.25) is 9.59 Å². The zero-order valence-corrected chi connectivity index (χ0v) is 15.8. The van der Waals surface area contributed by atoms with Crippen LogP contribution in [0.3, 0.4) is 0 Å². The van der Waals surface area contributed by atoms with E-state index in [-0.39, 0.29) is 11.7 Å². The van der Waals surface area contributed by atoms with Gasteiger partial charge in [-0.25, -0.2) is 0 Å². The summed E-state index contributed by atoms with van der Waals surface area (Å²) in [5.74, 6) is 0.628. The lowest BCUT2D eigenvalue weighted by molar-refractivity contribution is -0.124. The van der Waals surface area contributed by atoms with Crippen molar-refractivity contribution in [3.63, 3.8) is 0 Å². The molecule has 144 valence electrons. The first-order valence-electron chi connectivity index (χ1n) is 9.21. The Morgan fingerprint density at radius 1 is 1.14 bits per heavy atom. The third kappa shape index (κ3) is 3.39. The molecule has 6 heteroatoms. The Hall–Kier alpha value is -3.12. The minimum Gasteiger partial charge on any atom is -0.497 e. The molecule has 4 rings (SSSR count). The summed E-state index contributed by atoms with van der Waals surface area (Å²) >= 11 is 0. The van der Waals surface area contributed by atoms with Crippen molar-refractivity contribution in [2.24, 2.45) is 0 Å². The standard InChI is InChI=1S/C22H21NO5/c1-13-17-10-7-15(23-22(25)18-4-3-11-27-18)12-19(17)28-21(13)20(24)14-5-8-16(26-2)9-6-14/h5-10,12,18H,3-4,11H2,1-2H3,(H,23,25). The Bertz CT molecular complexity index is 1030. The van der Waals surface area contributed by atoms with Gasteiger partial charge in [-0.05, 0) is 56.2 Å². The summed E-state index contributed by atoms with van der Waals surface area (Å²) in [4.78, 5) is 25.1. The van der Waals surface area contributed by atoms with Gasteiger partial charge in [-0.2, -0.15) is 0 Å². The second-order valence-electron chi connectivity index (χ2n) is 6.82. The van der Waals surface area contributed by atoms with E-state index in [0.29, 0.717) is 35.0 Å². The van der Waals surface area contributed by atoms with E-state index >= 15 is 0 Å². The highest BCUT2D eigenvalue weighted by molar-refractivity contribution is 6.10. The molecule has 1 atom stereocenters. The topological polar surface area (TPSA) is 77.8 Å². The third-order valence-electron chi connectivity index (χ3n) is 4.99. The molecule has 1 fully saturated rings. The van der Waals surface area contributed by atoms with E-state index in [1.165, 1.54) is 0 Å². The van der Waals surface area contributed by atoms with Crippen LogP contribution in [0.15, 0.2) is 46.9 Å². The van der Waals surface area contributed by atoms with Crippen molar-refractivity contribution < 1.29 is 23.5 Å². The highest BCUT2D eigenvalue weighted by Gasteiger charge is 2.24. The smallest absolute Gasteiger partial charge is 0.253 e. The van der Waals surface area contributed by atoms with Crippen LogP contribution in [-0.2, 0) is 9.53 Å². The predicted octanol–water partition coefficient (Wildman–Crippen LogP) is 4.10. The monoisotopic (exact) mass is 379 g/mol. The number of rotatable bonds is 5. The first-order valence-corrected chi connectivity index (χ1v) is 9.21. The quantitative estimate of drug-likeness (QED) is 0.676. The summed E-state index contributed by atoms with van der Waals surface area (Å²) in [6.45, 7) is 2.47. The molecule has 1 unspecified atom stereocenters. The number of carbonyl (C=O) groups is 2. The molecule has 1 aromatic heterocycles. The zero-order chi connectivity index (χ0) is 19.7. The van der Waals surface area contributed by atoms with Gasteiger partial charge in [-0.1, -0.05) is 0 Å². The summed E-state index contributed by atoms with van der Waals surface area (Å²) in [5, 5.41) is 3.70. The number of hydrogen-bond acceptors (Lipinski definition) is 5. The van der Waals surface area contributed by atoms with E-state index in [0.717, 1.165) is 23.8 Å². The summed E-state index contributed by atoms with van der Waals surface area (Å²) in [5.41, 5.74) is 2.47. The Labute approximate surface area is 162 Å². The van der Waals surface area contributed by atoms with Gasteiger partial charge in [0.05, 0.1) is 7.11 Å². The SMILES string of the molecule is COc1ccc(C(=O)c2oc3cc(NC(=O)C4CCCO4)ccc3c2C)cc1. The van der Waals surface area contributed by atoms with E-state index in [2.05, 4.69) is 5.32 Å². The van der Waals surface area contributed by atoms with Crippen LogP contribution in [0.4, 0.5) is 5.69 Å². The van der Waals surface area contributed by atoms with Crippen molar-refractivity contribution in [2.45, 2.75) is 25.9 Å². The van der Waals surface area contributed by atoms with E-state index < -0.39 is 6.10 Å². The molecule has 1 aliphatic heterocycles. The second kappa shape index (κ2) is 7.48. The summed E-state index contributed by atoms with van der Waals surface area (Å²) < 4.78 is 16.4. The number of carbonyl (C=O) groups excluding carboxylic acids is 2. The predicted molar refractivity (Wildman–Crippen MR) is 105 cm³/mol. The average molecular weight is 379 g/mol. The van der Waals surface area contributed by atoms with Crippen molar-refractivity contribution >= 4 is 28.3 Å². The van der Waals surface area contributed by atoms with Crippen LogP contribution in [0.5, 0.6) is 5.75 Å². The maximum Gasteiger partial charge on any atom is 0.253 e. The fourth-order valence-corrected chi connectivity index (χ4v) is 3.40. The van der Waals surface area contributed by atoms with Crippen LogP contribution in [0.25, 0.3) is 11.0 Å². The average Bonchev–Trinajstić information content (AvgIpc) is 3.36. The van der Waals surface area contributed by atoms with Crippen molar-refractivity contribution in [1.29, 1.82) is 0 Å². The summed E-state index contributed by atoms with van der Waals surface area (Å²) in [6.07, 6.45) is 1.22. The van der Waals surface area contributed by atoms with Crippen molar-refractivity contribution in [3.05, 3.63) is 59.4 Å². The fraction of sp³-hybridized carbons (Fsp3) is 0.273. The molecule has 0 radical (unpaired) electrons. The zero-order valence-electron chi connectivity index (χ0n) is 15.8. The number of hydrogen-bond donors (Lipinski definition) is 1. The van der Waals surface area contributed by atoms with Crippen LogP contribution in [-0.4, -0.2) is 31.5 Å². The molecule has 2 aromatic carbocycles. The molecular formula is C22H21NO5. The van der Waals surface area contributed by atoms with Gasteiger partial charge in [0, 0.05) is 34.9 Å². The number of aryl methyl sites for hydroxylation is 1. The Morgan fingerprint density at radius 3 is 2.61 bits per heavy atom. The van der Waals surface area contributed by atoms with E-state index in [4.69, 9.17) is 13.9 Å². The van der Waals surface area contributed by atoms with Crippen LogP contribution >= 0.6 is 0 Å². The number of ether oxygens (including phenoxy) is 2. The Kier molecular flexibility index (Phi) is 4.88. The number of fused-ring (bicyclic) bond motifs is 1. The Balaban J connectivity index is 1.60. The van der Waals surface area contributed by atoms with Gasteiger partial charge in [0.15, 0.2) is 5.76 Å². The molecular weight excluding hydrogens is 358 g/mol. The molecule has 1 amide bonds. The normalized spacial score (nSPS) is 16.3. The number of benzene rings is 2. The lowest BCUT2D eigenvalue weighted by Crippen LogP contribution is -2.26. The molecule has 0 bridgehead atoms. The van der Waals surface area contributed by atoms with Gasteiger partial charge >= 0.3 is 0 Å². The number of amides is 1. The third-order valence-corrected chi connectivity index (χ3v) is 4.99. The largest absolute Gasteiger partial charge is 0.497 e. The van der Waals surface area contributed by atoms with Crippen LogP contribution in [0.2, 0.25) is 0 Å². The number of anilines is 1. The lowest BCUT2D eigenvalue weighted by atomic mass is 10.0. The minimum atomic E-state index is -0.402. The van der Waals surface area contributed by atoms with Crippen LogP contribution in [0.1, 0.15) is 34.5 Å².